The van der Waals surface area contributed by atoms with Gasteiger partial charge in [-0.1, -0.05) is 37.9 Å². The Hall–Kier alpha value is -2.02. The molecule has 1 amide bonds. The number of nitrogens with one attached hydrogen (secondary N) is 1. The largest absolute Gasteiger partial charge is 0.372 e. The van der Waals surface area contributed by atoms with Gasteiger partial charge in [0.15, 0.2) is 11.0 Å². The number of unbranched alkanes of at least 4 members (excludes halogenated alkanes) is 3. The number of aromatic nitrogens is 3. The lowest BCUT2D eigenvalue weighted by molar-refractivity contribution is -0.118. The summed E-state index contributed by atoms with van der Waals surface area (Å²) in [4.78, 5) is 14.3. The third kappa shape index (κ3) is 6.26. The average Bonchev–Trinajstić information content (AvgIpc) is 3.08. The second-order valence-electron chi connectivity index (χ2n) is 6.78. The smallest absolute Gasteiger partial charge is 0.230 e. The van der Waals surface area contributed by atoms with Gasteiger partial charge in [0.25, 0.3) is 0 Å². The topological polar surface area (TPSA) is 63.1 Å². The van der Waals surface area contributed by atoms with E-state index in [-0.39, 0.29) is 5.91 Å². The number of hydrogen-bond acceptors (Lipinski definition) is 5. The number of carbonyl (C=O) groups is 1. The maximum atomic E-state index is 12.0. The summed E-state index contributed by atoms with van der Waals surface area (Å²) in [5.41, 5.74) is 2.24. The predicted molar refractivity (Wildman–Crippen MR) is 118 cm³/mol. The molecule has 7 heteroatoms. The van der Waals surface area contributed by atoms with Gasteiger partial charge in [0.05, 0.1) is 5.75 Å². The van der Waals surface area contributed by atoms with Gasteiger partial charge in [-0.2, -0.15) is 0 Å². The van der Waals surface area contributed by atoms with Crippen molar-refractivity contribution >= 4 is 23.4 Å². The highest BCUT2D eigenvalue weighted by atomic mass is 32.2. The van der Waals surface area contributed by atoms with E-state index in [1.165, 1.54) is 36.7 Å². The van der Waals surface area contributed by atoms with Crippen molar-refractivity contribution < 1.29 is 4.79 Å². The minimum atomic E-state index is 0.0506. The van der Waals surface area contributed by atoms with E-state index in [0.717, 1.165) is 42.6 Å². The highest BCUT2D eigenvalue weighted by Crippen LogP contribution is 2.25. The average molecular weight is 404 g/mol. The van der Waals surface area contributed by atoms with E-state index < -0.39 is 0 Å². The van der Waals surface area contributed by atoms with Crippen LogP contribution in [0.25, 0.3) is 11.4 Å². The molecule has 0 spiro atoms. The first-order valence-electron chi connectivity index (χ1n) is 10.2. The normalized spacial score (nSPS) is 10.9. The third-order valence-electron chi connectivity index (χ3n) is 4.77. The van der Waals surface area contributed by atoms with Crippen molar-refractivity contribution in [3.05, 3.63) is 24.3 Å². The van der Waals surface area contributed by atoms with E-state index in [2.05, 4.69) is 65.5 Å². The van der Waals surface area contributed by atoms with Gasteiger partial charge in [-0.3, -0.25) is 4.79 Å². The van der Waals surface area contributed by atoms with Crippen LogP contribution in [0, 0.1) is 0 Å². The van der Waals surface area contributed by atoms with Gasteiger partial charge in [0.2, 0.25) is 5.91 Å². The predicted octanol–water partition coefficient (Wildman–Crippen LogP) is 4.12. The van der Waals surface area contributed by atoms with Crippen LogP contribution in [0.15, 0.2) is 29.4 Å². The molecule has 1 aromatic carbocycles. The first-order chi connectivity index (χ1) is 13.6. The highest BCUT2D eigenvalue weighted by Gasteiger charge is 2.13. The molecule has 1 aromatic heterocycles. The Kier molecular flexibility index (Phi) is 9.34. The molecule has 0 unspecified atom stereocenters. The minimum absolute atomic E-state index is 0.0506. The van der Waals surface area contributed by atoms with E-state index >= 15 is 0 Å². The Morgan fingerprint density at radius 3 is 2.43 bits per heavy atom. The number of thioether (sulfide) groups is 1. The second kappa shape index (κ2) is 11.7. The van der Waals surface area contributed by atoms with Crippen molar-refractivity contribution in [2.75, 3.05) is 30.3 Å². The molecule has 2 aromatic rings. The molecule has 6 nitrogen and oxygen atoms in total. The Labute approximate surface area is 173 Å². The van der Waals surface area contributed by atoms with Gasteiger partial charge in [0, 0.05) is 37.9 Å². The summed E-state index contributed by atoms with van der Waals surface area (Å²) in [6.07, 6.45) is 4.64. The maximum absolute atomic E-state index is 12.0. The first kappa shape index (κ1) is 22.3. The Balaban J connectivity index is 1.90. The van der Waals surface area contributed by atoms with Gasteiger partial charge in [-0.25, -0.2) is 0 Å². The Morgan fingerprint density at radius 1 is 1.07 bits per heavy atom. The fourth-order valence-corrected chi connectivity index (χ4v) is 3.80. The number of anilines is 1. The first-order valence-corrected chi connectivity index (χ1v) is 11.2. The fourth-order valence-electron chi connectivity index (χ4n) is 3.06. The van der Waals surface area contributed by atoms with Crippen LogP contribution in [0.1, 0.15) is 46.5 Å². The zero-order valence-electron chi connectivity index (χ0n) is 17.6. The summed E-state index contributed by atoms with van der Waals surface area (Å²) in [6.45, 7) is 9.23. The molecule has 0 bridgehead atoms. The summed E-state index contributed by atoms with van der Waals surface area (Å²) < 4.78 is 1.95. The van der Waals surface area contributed by atoms with Crippen molar-refractivity contribution in [3.63, 3.8) is 0 Å². The molecule has 0 saturated carbocycles. The van der Waals surface area contributed by atoms with Crippen LogP contribution in [0.4, 0.5) is 5.69 Å². The van der Waals surface area contributed by atoms with E-state index in [1.54, 1.807) is 0 Å². The lowest BCUT2D eigenvalue weighted by Gasteiger charge is -2.21. The van der Waals surface area contributed by atoms with E-state index in [0.29, 0.717) is 5.75 Å². The van der Waals surface area contributed by atoms with Gasteiger partial charge in [-0.05, 0) is 44.5 Å². The molecule has 0 saturated heterocycles. The van der Waals surface area contributed by atoms with Crippen molar-refractivity contribution in [2.45, 2.75) is 51.6 Å². The number of hydrogen-bond donors (Lipinski definition) is 1. The summed E-state index contributed by atoms with van der Waals surface area (Å²) in [6, 6.07) is 8.40. The van der Waals surface area contributed by atoms with Crippen LogP contribution in [-0.2, 0) is 11.8 Å². The Bertz CT molecular complexity index is 725. The van der Waals surface area contributed by atoms with Crippen LogP contribution in [0.3, 0.4) is 0 Å². The van der Waals surface area contributed by atoms with Gasteiger partial charge >= 0.3 is 0 Å². The molecule has 0 radical (unpaired) electrons. The molecule has 1 N–H and O–H groups in total. The SMILES string of the molecule is CCCCCCNC(=O)CSc1nnc(-c2ccc(N(CC)CC)cc2)n1C. The molecule has 1 heterocycles. The third-order valence-corrected chi connectivity index (χ3v) is 5.79. The summed E-state index contributed by atoms with van der Waals surface area (Å²) in [7, 11) is 1.94. The number of nitrogens with zero attached hydrogens (tertiary/aromatic N) is 4. The standard InChI is InChI=1S/C21H33N5OS/c1-5-8-9-10-15-22-19(27)16-28-21-24-23-20(25(21)4)17-11-13-18(14-12-17)26(6-2)7-3/h11-14H,5-10,15-16H2,1-4H3,(H,22,27). The number of carbonyl (C=O) groups excluding carboxylic acids is 1. The van der Waals surface area contributed by atoms with E-state index in [1.807, 2.05) is 11.6 Å². The molecular weight excluding hydrogens is 370 g/mol. The quantitative estimate of drug-likeness (QED) is 0.427. The molecular formula is C21H33N5OS. The highest BCUT2D eigenvalue weighted by molar-refractivity contribution is 7.99. The van der Waals surface area contributed by atoms with Crippen molar-refractivity contribution in [3.8, 4) is 11.4 Å². The maximum Gasteiger partial charge on any atom is 0.230 e. The summed E-state index contributed by atoms with van der Waals surface area (Å²) >= 11 is 1.42. The van der Waals surface area contributed by atoms with Crippen LogP contribution in [0.2, 0.25) is 0 Å². The lowest BCUT2D eigenvalue weighted by Crippen LogP contribution is -2.26. The van der Waals surface area contributed by atoms with Crippen LogP contribution >= 0.6 is 11.8 Å². The minimum Gasteiger partial charge on any atom is -0.372 e. The van der Waals surface area contributed by atoms with E-state index in [4.69, 9.17) is 0 Å². The fraction of sp³-hybridized carbons (Fsp3) is 0.571. The van der Waals surface area contributed by atoms with E-state index in [9.17, 15) is 4.79 Å². The van der Waals surface area contributed by atoms with Crippen molar-refractivity contribution in [1.82, 2.24) is 20.1 Å². The zero-order chi connectivity index (χ0) is 20.4. The number of rotatable bonds is 12. The summed E-state index contributed by atoms with van der Waals surface area (Å²) in [5.74, 6) is 1.23. The zero-order valence-corrected chi connectivity index (χ0v) is 18.4. The van der Waals surface area contributed by atoms with Crippen LogP contribution in [0.5, 0.6) is 0 Å². The molecule has 0 aliphatic heterocycles. The Morgan fingerprint density at radius 2 is 1.79 bits per heavy atom. The summed E-state index contributed by atoms with van der Waals surface area (Å²) in [5, 5.41) is 12.3. The monoisotopic (exact) mass is 403 g/mol. The molecule has 0 atom stereocenters. The molecule has 0 fully saturated rings. The van der Waals surface area contributed by atoms with Gasteiger partial charge < -0.3 is 14.8 Å². The lowest BCUT2D eigenvalue weighted by atomic mass is 10.2. The molecule has 2 rings (SSSR count). The second-order valence-corrected chi connectivity index (χ2v) is 7.73. The number of benzene rings is 1. The molecule has 154 valence electrons. The number of amides is 1. The van der Waals surface area contributed by atoms with Gasteiger partial charge in [0.1, 0.15) is 0 Å². The molecule has 0 aliphatic rings. The van der Waals surface area contributed by atoms with Crippen LogP contribution in [-0.4, -0.2) is 46.1 Å². The molecule has 28 heavy (non-hydrogen) atoms. The van der Waals surface area contributed by atoms with Crippen LogP contribution < -0.4 is 10.2 Å². The molecule has 0 aliphatic carbocycles. The van der Waals surface area contributed by atoms with Crippen molar-refractivity contribution in [1.29, 1.82) is 0 Å². The van der Waals surface area contributed by atoms with Gasteiger partial charge in [-0.15, -0.1) is 10.2 Å². The van der Waals surface area contributed by atoms with Crippen molar-refractivity contribution in [2.24, 2.45) is 7.05 Å².